The van der Waals surface area contributed by atoms with Gasteiger partial charge in [-0.2, -0.15) is 0 Å². The molecule has 0 radical (unpaired) electrons. The molecule has 110 heavy (non-hydrogen) atoms. The van der Waals surface area contributed by atoms with Gasteiger partial charge in [-0.25, -0.2) is 0 Å². The highest BCUT2D eigenvalue weighted by Crippen LogP contribution is 2.55. The molecule has 0 spiro atoms. The van der Waals surface area contributed by atoms with E-state index < -0.39 is 43.0 Å². The number of benzene rings is 14. The minimum atomic E-state index is -0.536. The fraction of sp³-hybridized carbons (Fsp3) is 0.192. The van der Waals surface area contributed by atoms with Gasteiger partial charge < -0.3 is 23.4 Å². The highest BCUT2D eigenvalue weighted by atomic mass is 16.3. The molecule has 538 valence electrons. The fourth-order valence-corrected chi connectivity index (χ4v) is 17.4. The Balaban J connectivity index is 1.05. The number of hydrogen-bond acceptors (Lipinski definition) is 3. The molecule has 3 aromatic heterocycles. The monoisotopic (exact) mass is 1430 g/mol. The van der Waals surface area contributed by atoms with E-state index in [1.165, 1.54) is 27.8 Å². The van der Waals surface area contributed by atoms with Crippen LogP contribution in [-0.2, 0) is 27.1 Å². The first kappa shape index (κ1) is 60.1. The Bertz CT molecular complexity index is 7000. The molecule has 0 N–H and O–H groups in total. The molecule has 14 aromatic carbocycles. The molecule has 0 atom stereocenters. The summed E-state index contributed by atoms with van der Waals surface area (Å²) >= 11 is 0. The number of nitrogens with zero attached hydrogens (tertiary/aromatic N) is 4. The third kappa shape index (κ3) is 11.2. The first-order chi connectivity index (χ1) is 56.0. The van der Waals surface area contributed by atoms with E-state index in [4.69, 9.17) is 4.42 Å². The SMILES string of the molecule is [2H]c1c([2H])c([2H])c2c(c1[2H])c1c([2H])c([2H])c([2H])c([2H])c1n2-c1ccc2c(c1)N(c1cc(-c3ccccc3)cc3c1c1ccccc1n3-c1ccccc1C(C)(C)C)c1cc(-c3cc(C(C)(C)C)cc(C(C)(C)C)c3)cc3c1B2c1ccc(-c2cc(C(C)(C)C)cc(C(C)(C)C)c2)cc1N3c1cc(-c2ccccc2)cc2oc3ccccc3c12. The molecule has 0 bridgehead atoms. The van der Waals surface area contributed by atoms with Crippen LogP contribution in [-0.4, -0.2) is 15.8 Å². The van der Waals surface area contributed by atoms with Gasteiger partial charge in [0.15, 0.2) is 0 Å². The van der Waals surface area contributed by atoms with Crippen LogP contribution in [0, 0.1) is 0 Å². The van der Waals surface area contributed by atoms with Crippen LogP contribution >= 0.6 is 0 Å². The standard InChI is InChI=1S/C104H93BN4O/c1-100(2,3)72-50-67(51-73(61-72)101(4,5)6)66-46-48-82-88(54-66)108(92-57-71(65-34-20-17-21-35-65)60-96-98(92)80-39-25-31-45-95(80)110-96)93-58-70(68-52-74(102(7,8)9)62-75(53-68)103(10,11)12)59-94-99(93)105(82)83-49-47-76(106-84-41-27-22-36-77(84)78-37-23-28-42-85(78)106)63-89(83)109(94)91-56-69(64-32-18-16-19-33-64)55-90-97(91)79-38-24-29-43-86(79)107(90)87-44-30-26-40-81(87)104(13,14)15/h16-63H,1-15H3/i22D,23D,27D,28D,36D,37D,41D,42D. The minimum absolute atomic E-state index is 0.00513. The van der Waals surface area contributed by atoms with Crippen LogP contribution in [0.4, 0.5) is 34.1 Å². The molecule has 2 aliphatic heterocycles. The molecule has 0 amide bonds. The van der Waals surface area contributed by atoms with Gasteiger partial charge >= 0.3 is 0 Å². The lowest BCUT2D eigenvalue weighted by atomic mass is 9.33. The lowest BCUT2D eigenvalue weighted by molar-refractivity contribution is 0.568. The predicted octanol–water partition coefficient (Wildman–Crippen LogP) is 27.0. The van der Waals surface area contributed by atoms with Crippen LogP contribution in [0.5, 0.6) is 0 Å². The summed E-state index contributed by atoms with van der Waals surface area (Å²) in [5.74, 6) is 0. The molecule has 6 heteroatoms. The molecule has 5 nitrogen and oxygen atoms in total. The van der Waals surface area contributed by atoms with Gasteiger partial charge in [0, 0.05) is 61.1 Å². The second-order valence-electron chi connectivity index (χ2n) is 35.6. The first-order valence-corrected chi connectivity index (χ1v) is 38.7. The van der Waals surface area contributed by atoms with Crippen LogP contribution in [0.15, 0.2) is 295 Å². The lowest BCUT2D eigenvalue weighted by Crippen LogP contribution is -2.61. The fourth-order valence-electron chi connectivity index (χ4n) is 17.4. The van der Waals surface area contributed by atoms with E-state index >= 15 is 0 Å². The van der Waals surface area contributed by atoms with Gasteiger partial charge in [0.25, 0.3) is 6.71 Å². The molecule has 2 aliphatic rings. The third-order valence-electron chi connectivity index (χ3n) is 23.2. The molecule has 0 saturated carbocycles. The van der Waals surface area contributed by atoms with Gasteiger partial charge in [-0.05, 0) is 201 Å². The number of aromatic nitrogens is 2. The van der Waals surface area contributed by atoms with E-state index in [2.05, 4.69) is 349 Å². The van der Waals surface area contributed by atoms with Crippen molar-refractivity contribution in [3.63, 3.8) is 0 Å². The summed E-state index contributed by atoms with van der Waals surface area (Å²) in [6.45, 7) is 33.8. The Hall–Kier alpha value is -11.9. The highest BCUT2D eigenvalue weighted by molar-refractivity contribution is 7.00. The average Bonchev–Trinajstić information content (AvgIpc) is 1.01. The van der Waals surface area contributed by atoms with Crippen LogP contribution in [0.3, 0.4) is 0 Å². The van der Waals surface area contributed by atoms with Gasteiger partial charge in [-0.3, -0.25) is 0 Å². The van der Waals surface area contributed by atoms with E-state index in [0.29, 0.717) is 5.69 Å². The smallest absolute Gasteiger partial charge is 0.252 e. The van der Waals surface area contributed by atoms with Gasteiger partial charge in [-0.15, -0.1) is 0 Å². The molecule has 19 rings (SSSR count). The summed E-state index contributed by atoms with van der Waals surface area (Å²) < 4.78 is 87.9. The summed E-state index contributed by atoms with van der Waals surface area (Å²) in [6, 6.07) is 85.5. The first-order valence-electron chi connectivity index (χ1n) is 42.7. The van der Waals surface area contributed by atoms with Crippen molar-refractivity contribution in [3.05, 3.63) is 319 Å². The number of furan rings is 1. The molecule has 0 fully saturated rings. The summed E-state index contributed by atoms with van der Waals surface area (Å²) in [5.41, 5.74) is 26.2. The number of fused-ring (bicyclic) bond motifs is 13. The third-order valence-corrected chi connectivity index (χ3v) is 23.2. The second kappa shape index (κ2) is 24.8. The summed E-state index contributed by atoms with van der Waals surface area (Å²) in [5, 5.41) is 3.93. The quantitative estimate of drug-likeness (QED) is 0.142. The van der Waals surface area contributed by atoms with E-state index in [1.54, 1.807) is 4.57 Å². The largest absolute Gasteiger partial charge is 0.456 e. The Morgan fingerprint density at radius 1 is 0.282 bits per heavy atom. The minimum Gasteiger partial charge on any atom is -0.456 e. The van der Waals surface area contributed by atoms with Crippen molar-refractivity contribution < 1.29 is 15.4 Å². The van der Waals surface area contributed by atoms with Crippen LogP contribution in [0.2, 0.25) is 0 Å². The predicted molar refractivity (Wildman–Crippen MR) is 472 cm³/mol. The zero-order valence-corrected chi connectivity index (χ0v) is 65.4. The van der Waals surface area contributed by atoms with E-state index in [9.17, 15) is 11.0 Å². The maximum Gasteiger partial charge on any atom is 0.252 e. The van der Waals surface area contributed by atoms with Crippen molar-refractivity contribution in [1.82, 2.24) is 9.13 Å². The van der Waals surface area contributed by atoms with Crippen LogP contribution in [0.1, 0.15) is 143 Å². The van der Waals surface area contributed by atoms with Gasteiger partial charge in [-0.1, -0.05) is 310 Å². The second-order valence-corrected chi connectivity index (χ2v) is 35.6. The van der Waals surface area contributed by atoms with Gasteiger partial charge in [0.05, 0.1) is 49.8 Å². The zero-order valence-electron chi connectivity index (χ0n) is 73.4. The number of anilines is 6. The van der Waals surface area contributed by atoms with Crippen molar-refractivity contribution in [3.8, 4) is 55.9 Å². The average molecular weight is 1430 g/mol. The topological polar surface area (TPSA) is 29.5 Å². The zero-order chi connectivity index (χ0) is 82.8. The van der Waals surface area contributed by atoms with Gasteiger partial charge in [0.1, 0.15) is 11.2 Å². The van der Waals surface area contributed by atoms with Crippen molar-refractivity contribution in [1.29, 1.82) is 0 Å². The maximum absolute atomic E-state index is 9.99. The molecular weight excluding hydrogens is 1330 g/mol. The van der Waals surface area contributed by atoms with Crippen molar-refractivity contribution in [2.24, 2.45) is 0 Å². The van der Waals surface area contributed by atoms with Crippen molar-refractivity contribution >= 4 is 123 Å². The van der Waals surface area contributed by atoms with Crippen LogP contribution < -0.4 is 26.2 Å². The van der Waals surface area contributed by atoms with Gasteiger partial charge in [0.2, 0.25) is 0 Å². The van der Waals surface area contributed by atoms with Crippen molar-refractivity contribution in [2.45, 2.75) is 131 Å². The Labute approximate surface area is 659 Å². The number of para-hydroxylation sites is 5. The summed E-state index contributed by atoms with van der Waals surface area (Å²) in [6.07, 6.45) is 0. The highest BCUT2D eigenvalue weighted by Gasteiger charge is 2.46. The molecule has 0 saturated heterocycles. The Kier molecular flexibility index (Phi) is 13.6. The number of hydrogen-bond donors (Lipinski definition) is 0. The van der Waals surface area contributed by atoms with E-state index in [1.807, 2.05) is 12.1 Å². The normalized spacial score (nSPS) is 14.4. The summed E-state index contributed by atoms with van der Waals surface area (Å²) in [7, 11) is 0. The number of rotatable bonds is 8. The molecular formula is C104H93BN4O. The maximum atomic E-state index is 9.99. The van der Waals surface area contributed by atoms with E-state index in [-0.39, 0.29) is 61.0 Å². The lowest BCUT2D eigenvalue weighted by Gasteiger charge is -2.45. The molecule has 0 unspecified atom stereocenters. The Morgan fingerprint density at radius 3 is 1.30 bits per heavy atom. The van der Waals surface area contributed by atoms with Crippen LogP contribution in [0.25, 0.3) is 121 Å². The summed E-state index contributed by atoms with van der Waals surface area (Å²) in [4.78, 5) is 5.04. The molecule has 17 aromatic rings. The molecule has 0 aliphatic carbocycles. The molecule has 5 heterocycles. The Morgan fingerprint density at radius 2 is 0.727 bits per heavy atom. The van der Waals surface area contributed by atoms with E-state index in [0.717, 1.165) is 144 Å². The van der Waals surface area contributed by atoms with Crippen molar-refractivity contribution in [2.75, 3.05) is 9.80 Å².